The fourth-order valence-electron chi connectivity index (χ4n) is 3.66. The Morgan fingerprint density at radius 2 is 2.00 bits per heavy atom. The summed E-state index contributed by atoms with van der Waals surface area (Å²) in [5.74, 6) is 0.605. The smallest absolute Gasteiger partial charge is 0.270 e. The summed E-state index contributed by atoms with van der Waals surface area (Å²) < 4.78 is 32.4. The molecule has 10 nitrogen and oxygen atoms in total. The maximum Gasteiger partial charge on any atom is 0.270 e. The van der Waals surface area contributed by atoms with Crippen molar-refractivity contribution in [3.8, 4) is 0 Å². The number of nitro benzene ring substituents is 1. The lowest BCUT2D eigenvalue weighted by molar-refractivity contribution is -0.385. The minimum atomic E-state index is -3.84. The molecule has 1 fully saturated rings. The molecule has 0 atom stereocenters. The SMILES string of the molecule is CN=C(NCCNS(=O)(=O)c1cccc([N+](=O)[O-])c1)NCC1(CCOC)CCCC1. The summed E-state index contributed by atoms with van der Waals surface area (Å²) in [6.45, 7) is 1.95. The molecule has 30 heavy (non-hydrogen) atoms. The van der Waals surface area contributed by atoms with Gasteiger partial charge in [-0.3, -0.25) is 15.1 Å². The number of nitrogens with zero attached hydrogens (tertiary/aromatic N) is 2. The van der Waals surface area contributed by atoms with E-state index < -0.39 is 14.9 Å². The number of sulfonamides is 1. The summed E-state index contributed by atoms with van der Waals surface area (Å²) in [5, 5.41) is 17.3. The fraction of sp³-hybridized carbons (Fsp3) is 0.632. The van der Waals surface area contributed by atoms with E-state index in [4.69, 9.17) is 4.74 Å². The van der Waals surface area contributed by atoms with Crippen molar-refractivity contribution >= 4 is 21.7 Å². The summed E-state index contributed by atoms with van der Waals surface area (Å²) in [5.41, 5.74) is -0.0630. The van der Waals surface area contributed by atoms with Gasteiger partial charge >= 0.3 is 0 Å². The first-order valence-electron chi connectivity index (χ1n) is 9.99. The quantitative estimate of drug-likeness (QED) is 0.156. The summed E-state index contributed by atoms with van der Waals surface area (Å²) in [7, 11) is -0.456. The van der Waals surface area contributed by atoms with Crippen LogP contribution in [0.4, 0.5) is 5.69 Å². The van der Waals surface area contributed by atoms with Crippen LogP contribution in [0.1, 0.15) is 32.1 Å². The molecule has 0 radical (unpaired) electrons. The molecule has 0 amide bonds. The monoisotopic (exact) mass is 441 g/mol. The molecule has 3 N–H and O–H groups in total. The number of nitro groups is 1. The van der Waals surface area contributed by atoms with Gasteiger partial charge in [-0.15, -0.1) is 0 Å². The Morgan fingerprint density at radius 1 is 1.27 bits per heavy atom. The highest BCUT2D eigenvalue weighted by atomic mass is 32.2. The van der Waals surface area contributed by atoms with Crippen molar-refractivity contribution in [1.82, 2.24) is 15.4 Å². The van der Waals surface area contributed by atoms with E-state index in [2.05, 4.69) is 20.3 Å². The van der Waals surface area contributed by atoms with Crippen LogP contribution in [0.5, 0.6) is 0 Å². The summed E-state index contributed by atoms with van der Waals surface area (Å²) in [4.78, 5) is 14.3. The van der Waals surface area contributed by atoms with Crippen molar-refractivity contribution in [2.45, 2.75) is 37.0 Å². The van der Waals surface area contributed by atoms with Gasteiger partial charge < -0.3 is 15.4 Å². The number of hydrogen-bond donors (Lipinski definition) is 3. The maximum atomic E-state index is 12.3. The van der Waals surface area contributed by atoms with Gasteiger partial charge in [0.1, 0.15) is 0 Å². The lowest BCUT2D eigenvalue weighted by atomic mass is 9.83. The summed E-state index contributed by atoms with van der Waals surface area (Å²) in [6, 6.07) is 4.96. The van der Waals surface area contributed by atoms with Gasteiger partial charge in [-0.1, -0.05) is 18.9 Å². The summed E-state index contributed by atoms with van der Waals surface area (Å²) in [6.07, 6.45) is 5.75. The zero-order valence-electron chi connectivity index (χ0n) is 17.5. The molecule has 168 valence electrons. The highest BCUT2D eigenvalue weighted by Crippen LogP contribution is 2.40. The molecule has 2 rings (SSSR count). The first kappa shape index (κ1) is 24.0. The fourth-order valence-corrected chi connectivity index (χ4v) is 4.74. The van der Waals surface area contributed by atoms with E-state index in [1.807, 2.05) is 0 Å². The molecular formula is C19H31N5O5S. The average Bonchev–Trinajstić information content (AvgIpc) is 3.21. The number of guanidine groups is 1. The van der Waals surface area contributed by atoms with Gasteiger partial charge in [0, 0.05) is 52.5 Å². The molecule has 11 heteroatoms. The minimum absolute atomic E-state index is 0.112. The van der Waals surface area contributed by atoms with E-state index in [1.165, 1.54) is 31.0 Å². The predicted molar refractivity (Wildman–Crippen MR) is 115 cm³/mol. The molecule has 0 heterocycles. The van der Waals surface area contributed by atoms with Crippen molar-refractivity contribution < 1.29 is 18.1 Å². The Bertz CT molecular complexity index is 837. The van der Waals surface area contributed by atoms with Crippen LogP contribution in [-0.4, -0.2) is 59.7 Å². The highest BCUT2D eigenvalue weighted by Gasteiger charge is 2.33. The molecular weight excluding hydrogens is 410 g/mol. The Morgan fingerprint density at radius 3 is 2.63 bits per heavy atom. The zero-order chi connectivity index (χ0) is 22.0. The third kappa shape index (κ3) is 6.92. The molecule has 0 saturated heterocycles. The van der Waals surface area contributed by atoms with Gasteiger partial charge in [0.2, 0.25) is 10.0 Å². The first-order valence-corrected chi connectivity index (χ1v) is 11.5. The average molecular weight is 442 g/mol. The van der Waals surface area contributed by atoms with Gasteiger partial charge in [0.15, 0.2) is 5.96 Å². The Balaban J connectivity index is 1.82. The minimum Gasteiger partial charge on any atom is -0.385 e. The second kappa shape index (κ2) is 11.2. The molecule has 1 aromatic rings. The third-order valence-corrected chi connectivity index (χ3v) is 6.86. The number of nitrogens with one attached hydrogen (secondary N) is 3. The van der Waals surface area contributed by atoms with Crippen molar-refractivity contribution in [3.05, 3.63) is 34.4 Å². The van der Waals surface area contributed by atoms with Crippen LogP contribution in [0.15, 0.2) is 34.2 Å². The van der Waals surface area contributed by atoms with Crippen LogP contribution in [-0.2, 0) is 14.8 Å². The predicted octanol–water partition coefficient (Wildman–Crippen LogP) is 1.63. The van der Waals surface area contributed by atoms with E-state index in [1.54, 1.807) is 14.2 Å². The van der Waals surface area contributed by atoms with E-state index in [9.17, 15) is 18.5 Å². The van der Waals surface area contributed by atoms with Crippen LogP contribution in [0, 0.1) is 15.5 Å². The number of benzene rings is 1. The number of methoxy groups -OCH3 is 1. The largest absolute Gasteiger partial charge is 0.385 e. The molecule has 1 aliphatic carbocycles. The lowest BCUT2D eigenvalue weighted by Crippen LogP contribution is -2.45. The molecule has 0 spiro atoms. The van der Waals surface area contributed by atoms with Gasteiger partial charge in [-0.2, -0.15) is 0 Å². The van der Waals surface area contributed by atoms with Gasteiger partial charge in [-0.25, -0.2) is 13.1 Å². The summed E-state index contributed by atoms with van der Waals surface area (Å²) >= 11 is 0. The van der Waals surface area contributed by atoms with Crippen LogP contribution in [0.25, 0.3) is 0 Å². The normalized spacial score (nSPS) is 16.4. The van der Waals surface area contributed by atoms with Crippen molar-refractivity contribution in [3.63, 3.8) is 0 Å². The van der Waals surface area contributed by atoms with Crippen molar-refractivity contribution in [1.29, 1.82) is 0 Å². The van der Waals surface area contributed by atoms with Crippen molar-refractivity contribution in [2.24, 2.45) is 10.4 Å². The number of rotatable bonds is 11. The molecule has 0 unspecified atom stereocenters. The van der Waals surface area contributed by atoms with Crippen LogP contribution in [0.3, 0.4) is 0 Å². The van der Waals surface area contributed by atoms with Gasteiger partial charge in [-0.05, 0) is 30.7 Å². The molecule has 0 aromatic heterocycles. The van der Waals surface area contributed by atoms with Gasteiger partial charge in [0.25, 0.3) is 5.69 Å². The number of ether oxygens (including phenoxy) is 1. The van der Waals surface area contributed by atoms with E-state index >= 15 is 0 Å². The highest BCUT2D eigenvalue weighted by molar-refractivity contribution is 7.89. The van der Waals surface area contributed by atoms with E-state index in [0.29, 0.717) is 12.5 Å². The lowest BCUT2D eigenvalue weighted by Gasteiger charge is -2.30. The molecule has 1 saturated carbocycles. The Kier molecular flexibility index (Phi) is 9.00. The molecule has 0 aliphatic heterocycles. The van der Waals surface area contributed by atoms with Gasteiger partial charge in [0.05, 0.1) is 9.82 Å². The first-order chi connectivity index (χ1) is 14.3. The van der Waals surface area contributed by atoms with Crippen molar-refractivity contribution in [2.75, 3.05) is 40.4 Å². The van der Waals surface area contributed by atoms with E-state index in [0.717, 1.165) is 38.5 Å². The van der Waals surface area contributed by atoms with E-state index in [-0.39, 0.29) is 22.5 Å². The number of non-ortho nitro benzene ring substituents is 1. The molecule has 0 bridgehead atoms. The Hall–Kier alpha value is -2.24. The molecule has 1 aliphatic rings. The standard InChI is InChI=1S/C19H31N5O5S/c1-20-18(22-15-19(10-13-29-2)8-3-4-9-19)21-11-12-23-30(27,28)17-7-5-6-16(14-17)24(25)26/h5-7,14,23H,3-4,8-13,15H2,1-2H3,(H2,20,21,22). The third-order valence-electron chi connectivity index (χ3n) is 5.40. The van der Waals surface area contributed by atoms with Crippen LogP contribution in [0.2, 0.25) is 0 Å². The molecule has 1 aromatic carbocycles. The number of aliphatic imine (C=N–C) groups is 1. The van der Waals surface area contributed by atoms with Crippen LogP contribution < -0.4 is 15.4 Å². The van der Waals surface area contributed by atoms with Crippen LogP contribution >= 0.6 is 0 Å². The number of hydrogen-bond acceptors (Lipinski definition) is 6. The second-order valence-electron chi connectivity index (χ2n) is 7.45. The zero-order valence-corrected chi connectivity index (χ0v) is 18.3. The second-order valence-corrected chi connectivity index (χ2v) is 9.22. The topological polar surface area (TPSA) is 135 Å². The maximum absolute atomic E-state index is 12.3. The Labute approximate surface area is 177 Å².